The van der Waals surface area contributed by atoms with Crippen LogP contribution in [-0.4, -0.2) is 24.0 Å². The van der Waals surface area contributed by atoms with E-state index in [1.807, 2.05) is 6.07 Å². The van der Waals surface area contributed by atoms with Gasteiger partial charge in [-0.25, -0.2) is 4.98 Å². The van der Waals surface area contributed by atoms with Gasteiger partial charge in [0.2, 0.25) is 0 Å². The van der Waals surface area contributed by atoms with Crippen molar-refractivity contribution in [3.05, 3.63) is 52.8 Å². The number of carbonyl (C=O) groups excluding carboxylic acids is 1. The predicted octanol–water partition coefficient (Wildman–Crippen LogP) is 3.93. The smallest absolute Gasteiger partial charge is 0.387 e. The Morgan fingerprint density at radius 3 is 2.91 bits per heavy atom. The van der Waals surface area contributed by atoms with Crippen LogP contribution in [0.15, 0.2) is 36.5 Å². The van der Waals surface area contributed by atoms with Crippen molar-refractivity contribution < 1.29 is 18.3 Å². The summed E-state index contributed by atoms with van der Waals surface area (Å²) < 4.78 is 29.9. The lowest BCUT2D eigenvalue weighted by atomic mass is 10.00. The number of amides is 1. The fourth-order valence-corrected chi connectivity index (χ4v) is 2.87. The number of benzene rings is 1. The van der Waals surface area contributed by atoms with E-state index in [9.17, 15) is 13.6 Å². The number of hydrogen-bond acceptors (Lipinski definition) is 3. The minimum absolute atomic E-state index is 0.00528. The lowest BCUT2D eigenvalue weighted by Gasteiger charge is -2.31. The standard InChI is InChI=1S/C16H13ClF2N2O2/c17-13-9-11(6-7-20-13)15(22)21-8-2-4-10-3-1-5-12(14(10)21)23-16(18)19/h1,3,5-7,9,16H,2,4,8H2. The van der Waals surface area contributed by atoms with Gasteiger partial charge < -0.3 is 9.64 Å². The molecule has 0 fully saturated rings. The van der Waals surface area contributed by atoms with Crippen molar-refractivity contribution in [2.24, 2.45) is 0 Å². The van der Waals surface area contributed by atoms with E-state index in [1.165, 1.54) is 23.2 Å². The van der Waals surface area contributed by atoms with Crippen molar-refractivity contribution in [2.45, 2.75) is 19.5 Å². The van der Waals surface area contributed by atoms with Crippen molar-refractivity contribution >= 4 is 23.2 Å². The Bertz CT molecular complexity index is 740. The molecule has 7 heteroatoms. The number of carbonyl (C=O) groups is 1. The molecular weight excluding hydrogens is 326 g/mol. The zero-order valence-electron chi connectivity index (χ0n) is 12.0. The number of alkyl halides is 2. The summed E-state index contributed by atoms with van der Waals surface area (Å²) in [6, 6.07) is 7.89. The van der Waals surface area contributed by atoms with Gasteiger partial charge in [-0.2, -0.15) is 8.78 Å². The number of fused-ring (bicyclic) bond motifs is 1. The summed E-state index contributed by atoms with van der Waals surface area (Å²) in [7, 11) is 0. The summed E-state index contributed by atoms with van der Waals surface area (Å²) in [5.41, 5.74) is 1.56. The highest BCUT2D eigenvalue weighted by Crippen LogP contribution is 2.38. The molecule has 0 N–H and O–H groups in total. The predicted molar refractivity (Wildman–Crippen MR) is 82.3 cm³/mol. The lowest BCUT2D eigenvalue weighted by molar-refractivity contribution is -0.0495. The first-order valence-electron chi connectivity index (χ1n) is 7.06. The number of para-hydroxylation sites is 1. The van der Waals surface area contributed by atoms with Crippen LogP contribution in [0, 0.1) is 0 Å². The number of anilines is 1. The molecule has 0 unspecified atom stereocenters. The van der Waals surface area contributed by atoms with Crippen LogP contribution in [0.1, 0.15) is 22.3 Å². The zero-order valence-corrected chi connectivity index (χ0v) is 12.8. The van der Waals surface area contributed by atoms with Crippen LogP contribution in [0.5, 0.6) is 5.75 Å². The molecule has 0 atom stereocenters. The van der Waals surface area contributed by atoms with Gasteiger partial charge in [-0.1, -0.05) is 23.7 Å². The molecule has 1 aliphatic rings. The molecule has 3 rings (SSSR count). The number of ether oxygens (including phenoxy) is 1. The third-order valence-corrected chi connectivity index (χ3v) is 3.82. The van der Waals surface area contributed by atoms with Crippen LogP contribution in [0.2, 0.25) is 5.15 Å². The highest BCUT2D eigenvalue weighted by Gasteiger charge is 2.28. The maximum atomic E-state index is 12.7. The second-order valence-electron chi connectivity index (χ2n) is 5.07. The van der Waals surface area contributed by atoms with Crippen LogP contribution in [-0.2, 0) is 6.42 Å². The van der Waals surface area contributed by atoms with Crippen LogP contribution in [0.4, 0.5) is 14.5 Å². The van der Waals surface area contributed by atoms with E-state index in [-0.39, 0.29) is 16.8 Å². The molecule has 0 saturated heterocycles. The second-order valence-corrected chi connectivity index (χ2v) is 5.46. The van der Waals surface area contributed by atoms with Crippen molar-refractivity contribution in [2.75, 3.05) is 11.4 Å². The molecule has 2 aromatic rings. The molecule has 0 radical (unpaired) electrons. The Labute approximate surface area is 136 Å². The fraction of sp³-hybridized carbons (Fsp3) is 0.250. The van der Waals surface area contributed by atoms with Gasteiger partial charge in [0.05, 0.1) is 5.69 Å². The minimum atomic E-state index is -2.95. The lowest BCUT2D eigenvalue weighted by Crippen LogP contribution is -2.36. The summed E-state index contributed by atoms with van der Waals surface area (Å²) in [6.45, 7) is -2.52. The van der Waals surface area contributed by atoms with Gasteiger partial charge in [-0.3, -0.25) is 4.79 Å². The van der Waals surface area contributed by atoms with E-state index in [2.05, 4.69) is 9.72 Å². The summed E-state index contributed by atoms with van der Waals surface area (Å²) in [5, 5.41) is 0.199. The normalized spacial score (nSPS) is 13.8. The van der Waals surface area contributed by atoms with Gasteiger partial charge in [0.15, 0.2) is 0 Å². The Morgan fingerprint density at radius 2 is 2.17 bits per heavy atom. The second kappa shape index (κ2) is 6.50. The number of aromatic nitrogens is 1. The Hall–Kier alpha value is -2.21. The first kappa shape index (κ1) is 15.7. The van der Waals surface area contributed by atoms with Crippen LogP contribution in [0.3, 0.4) is 0 Å². The van der Waals surface area contributed by atoms with Gasteiger partial charge in [-0.05, 0) is 36.6 Å². The van der Waals surface area contributed by atoms with E-state index >= 15 is 0 Å². The maximum absolute atomic E-state index is 12.7. The Kier molecular flexibility index (Phi) is 4.43. The molecular formula is C16H13ClF2N2O2. The molecule has 1 amide bonds. The average Bonchev–Trinajstić information content (AvgIpc) is 2.53. The van der Waals surface area contributed by atoms with Crippen molar-refractivity contribution in [3.63, 3.8) is 0 Å². The average molecular weight is 339 g/mol. The molecule has 120 valence electrons. The number of pyridine rings is 1. The van der Waals surface area contributed by atoms with Crippen LogP contribution >= 0.6 is 11.6 Å². The minimum Gasteiger partial charge on any atom is -0.433 e. The molecule has 1 aromatic carbocycles. The summed E-state index contributed by atoms with van der Waals surface area (Å²) >= 11 is 5.82. The third-order valence-electron chi connectivity index (χ3n) is 3.62. The molecule has 2 heterocycles. The largest absolute Gasteiger partial charge is 0.433 e. The molecule has 0 saturated carbocycles. The fourth-order valence-electron chi connectivity index (χ4n) is 2.70. The molecule has 4 nitrogen and oxygen atoms in total. The first-order chi connectivity index (χ1) is 11.1. The van der Waals surface area contributed by atoms with E-state index in [0.717, 1.165) is 12.0 Å². The van der Waals surface area contributed by atoms with E-state index < -0.39 is 6.61 Å². The highest BCUT2D eigenvalue weighted by atomic mass is 35.5. The monoisotopic (exact) mass is 338 g/mol. The number of nitrogens with zero attached hydrogens (tertiary/aromatic N) is 2. The van der Waals surface area contributed by atoms with Gasteiger partial charge >= 0.3 is 6.61 Å². The Morgan fingerprint density at radius 1 is 1.35 bits per heavy atom. The molecule has 23 heavy (non-hydrogen) atoms. The molecule has 0 bridgehead atoms. The molecule has 1 aliphatic heterocycles. The van der Waals surface area contributed by atoms with E-state index in [0.29, 0.717) is 24.2 Å². The molecule has 0 aliphatic carbocycles. The molecule has 0 spiro atoms. The number of halogens is 3. The third kappa shape index (κ3) is 3.27. The maximum Gasteiger partial charge on any atom is 0.387 e. The van der Waals surface area contributed by atoms with Crippen molar-refractivity contribution in [1.29, 1.82) is 0 Å². The summed E-state index contributed by atoms with van der Waals surface area (Å²) in [5.74, 6) is -0.314. The number of rotatable bonds is 3. The Balaban J connectivity index is 2.02. The van der Waals surface area contributed by atoms with Crippen LogP contribution in [0.25, 0.3) is 0 Å². The number of hydrogen-bond donors (Lipinski definition) is 0. The van der Waals surface area contributed by atoms with Crippen molar-refractivity contribution in [3.8, 4) is 5.75 Å². The summed E-state index contributed by atoms with van der Waals surface area (Å²) in [6.07, 6.45) is 2.88. The first-order valence-corrected chi connectivity index (χ1v) is 7.44. The SMILES string of the molecule is O=C(c1ccnc(Cl)c1)N1CCCc2cccc(OC(F)F)c21. The topological polar surface area (TPSA) is 42.4 Å². The van der Waals surface area contributed by atoms with E-state index in [1.54, 1.807) is 12.1 Å². The highest BCUT2D eigenvalue weighted by molar-refractivity contribution is 6.29. The van der Waals surface area contributed by atoms with Gasteiger partial charge in [0.25, 0.3) is 5.91 Å². The molecule has 1 aromatic heterocycles. The van der Waals surface area contributed by atoms with Crippen LogP contribution < -0.4 is 9.64 Å². The van der Waals surface area contributed by atoms with Gasteiger partial charge in [0.1, 0.15) is 10.9 Å². The summed E-state index contributed by atoms with van der Waals surface area (Å²) in [4.78, 5) is 18.0. The van der Waals surface area contributed by atoms with E-state index in [4.69, 9.17) is 11.6 Å². The zero-order chi connectivity index (χ0) is 16.4. The van der Waals surface area contributed by atoms with Crippen molar-refractivity contribution in [1.82, 2.24) is 4.98 Å². The van der Waals surface area contributed by atoms with Gasteiger partial charge in [-0.15, -0.1) is 0 Å². The van der Waals surface area contributed by atoms with Gasteiger partial charge in [0, 0.05) is 18.3 Å². The number of aryl methyl sites for hydroxylation is 1. The quantitative estimate of drug-likeness (QED) is 0.796.